The number of anilines is 1. The molecule has 0 atom stereocenters. The maximum atomic E-state index is 12.6. The lowest BCUT2D eigenvalue weighted by Crippen LogP contribution is -2.35. The summed E-state index contributed by atoms with van der Waals surface area (Å²) in [5.74, 6) is -0.0210. The molecule has 0 saturated heterocycles. The Morgan fingerprint density at radius 1 is 1.04 bits per heavy atom. The summed E-state index contributed by atoms with van der Waals surface area (Å²) < 4.78 is 5.70. The highest BCUT2D eigenvalue weighted by molar-refractivity contribution is 7.80. The first-order chi connectivity index (χ1) is 13.4. The highest BCUT2D eigenvalue weighted by atomic mass is 32.1. The van der Waals surface area contributed by atoms with Gasteiger partial charge in [-0.15, -0.1) is 0 Å². The summed E-state index contributed by atoms with van der Waals surface area (Å²) in [5.41, 5.74) is 1.40. The molecule has 0 aliphatic carbocycles. The van der Waals surface area contributed by atoms with Crippen LogP contribution in [0.25, 0.3) is 0 Å². The van der Waals surface area contributed by atoms with Crippen molar-refractivity contribution in [2.45, 2.75) is 19.8 Å². The molecule has 0 radical (unpaired) electrons. The Morgan fingerprint density at radius 3 is 2.36 bits per heavy atom. The minimum atomic E-state index is -0.374. The zero-order valence-corrected chi connectivity index (χ0v) is 17.1. The Hall–Kier alpha value is -2.93. The van der Waals surface area contributed by atoms with Crippen molar-refractivity contribution in [3.8, 4) is 5.75 Å². The molecule has 2 aromatic rings. The summed E-state index contributed by atoms with van der Waals surface area (Å²) in [5, 5.41) is 5.68. The van der Waals surface area contributed by atoms with Crippen LogP contribution in [-0.2, 0) is 0 Å². The molecule has 0 aromatic heterocycles. The van der Waals surface area contributed by atoms with Gasteiger partial charge in [0.25, 0.3) is 11.8 Å². The molecule has 0 spiro atoms. The number of nitrogens with zero attached hydrogens (tertiary/aromatic N) is 1. The zero-order valence-electron chi connectivity index (χ0n) is 16.3. The number of rotatable bonds is 7. The van der Waals surface area contributed by atoms with Crippen LogP contribution in [0.2, 0.25) is 0 Å². The number of thiocarbonyl (C=S) groups is 1. The molecule has 6 nitrogen and oxygen atoms in total. The van der Waals surface area contributed by atoms with Gasteiger partial charge in [-0.05, 0) is 42.9 Å². The molecule has 148 valence electrons. The number of hydrogen-bond acceptors (Lipinski definition) is 4. The fourth-order valence-electron chi connectivity index (χ4n) is 2.45. The zero-order chi connectivity index (χ0) is 20.5. The lowest BCUT2D eigenvalue weighted by atomic mass is 10.1. The number of nitrogens with one attached hydrogen (secondary N) is 2. The van der Waals surface area contributed by atoms with Crippen LogP contribution in [0, 0.1) is 0 Å². The molecule has 0 aliphatic rings. The Kier molecular flexibility index (Phi) is 7.95. The van der Waals surface area contributed by atoms with Gasteiger partial charge in [-0.2, -0.15) is 0 Å². The molecule has 0 saturated carbocycles. The molecule has 0 heterocycles. The number of carbonyl (C=O) groups is 2. The molecule has 0 fully saturated rings. The summed E-state index contributed by atoms with van der Waals surface area (Å²) in [6.07, 6.45) is 1.92. The van der Waals surface area contributed by atoms with Gasteiger partial charge in [0.05, 0.1) is 23.4 Å². The summed E-state index contributed by atoms with van der Waals surface area (Å²) >= 11 is 5.26. The average Bonchev–Trinajstić information content (AvgIpc) is 2.68. The fourth-order valence-corrected chi connectivity index (χ4v) is 2.65. The minimum Gasteiger partial charge on any atom is -0.493 e. The number of amides is 2. The highest BCUT2D eigenvalue weighted by Gasteiger charge is 2.16. The van der Waals surface area contributed by atoms with E-state index in [0.29, 0.717) is 29.2 Å². The van der Waals surface area contributed by atoms with E-state index in [2.05, 4.69) is 17.6 Å². The van der Waals surface area contributed by atoms with E-state index in [1.165, 1.54) is 4.90 Å². The van der Waals surface area contributed by atoms with Gasteiger partial charge in [-0.3, -0.25) is 14.9 Å². The molecule has 2 N–H and O–H groups in total. The second-order valence-corrected chi connectivity index (χ2v) is 6.76. The third-order valence-corrected chi connectivity index (χ3v) is 4.13. The number of unbranched alkanes of at least 4 members (excludes halogenated alkanes) is 1. The lowest BCUT2D eigenvalue weighted by Gasteiger charge is -2.16. The Bertz CT molecular complexity index is 852. The minimum absolute atomic E-state index is 0.104. The second kappa shape index (κ2) is 10.4. The summed E-state index contributed by atoms with van der Waals surface area (Å²) in [7, 11) is 3.35. The average molecular weight is 400 g/mol. The van der Waals surface area contributed by atoms with Crippen LogP contribution in [0.5, 0.6) is 5.75 Å². The lowest BCUT2D eigenvalue weighted by molar-refractivity contribution is 0.0828. The van der Waals surface area contributed by atoms with E-state index < -0.39 is 0 Å². The van der Waals surface area contributed by atoms with Crippen molar-refractivity contribution in [3.05, 3.63) is 59.7 Å². The van der Waals surface area contributed by atoms with Crippen molar-refractivity contribution in [1.29, 1.82) is 0 Å². The van der Waals surface area contributed by atoms with Crippen molar-refractivity contribution in [1.82, 2.24) is 10.2 Å². The molecule has 0 bridgehead atoms. The van der Waals surface area contributed by atoms with E-state index >= 15 is 0 Å². The number of benzene rings is 2. The Morgan fingerprint density at radius 2 is 1.68 bits per heavy atom. The Balaban J connectivity index is 2.09. The monoisotopic (exact) mass is 399 g/mol. The molecule has 0 unspecified atom stereocenters. The molecule has 2 rings (SSSR count). The summed E-state index contributed by atoms with van der Waals surface area (Å²) in [4.78, 5) is 26.4. The van der Waals surface area contributed by atoms with E-state index in [0.717, 1.165) is 12.8 Å². The van der Waals surface area contributed by atoms with Gasteiger partial charge in [-0.1, -0.05) is 37.6 Å². The summed E-state index contributed by atoms with van der Waals surface area (Å²) in [6.45, 7) is 2.62. The predicted octanol–water partition coefficient (Wildman–Crippen LogP) is 3.69. The van der Waals surface area contributed by atoms with Crippen LogP contribution in [-0.4, -0.2) is 42.5 Å². The van der Waals surface area contributed by atoms with Gasteiger partial charge in [-0.25, -0.2) is 0 Å². The molecule has 28 heavy (non-hydrogen) atoms. The van der Waals surface area contributed by atoms with Crippen LogP contribution >= 0.6 is 12.2 Å². The second-order valence-electron chi connectivity index (χ2n) is 6.35. The van der Waals surface area contributed by atoms with Crippen LogP contribution in [0.15, 0.2) is 48.5 Å². The van der Waals surface area contributed by atoms with Crippen molar-refractivity contribution < 1.29 is 14.3 Å². The van der Waals surface area contributed by atoms with Crippen molar-refractivity contribution in [3.63, 3.8) is 0 Å². The first kappa shape index (κ1) is 21.4. The van der Waals surface area contributed by atoms with E-state index in [9.17, 15) is 9.59 Å². The van der Waals surface area contributed by atoms with E-state index in [-0.39, 0.29) is 16.9 Å². The highest BCUT2D eigenvalue weighted by Crippen LogP contribution is 2.19. The van der Waals surface area contributed by atoms with Gasteiger partial charge < -0.3 is 15.0 Å². The number of hydrogen-bond donors (Lipinski definition) is 2. The first-order valence-electron chi connectivity index (χ1n) is 9.09. The van der Waals surface area contributed by atoms with E-state index in [4.69, 9.17) is 17.0 Å². The van der Waals surface area contributed by atoms with Crippen LogP contribution in [0.1, 0.15) is 40.5 Å². The Labute approximate surface area is 170 Å². The molecule has 0 aliphatic heterocycles. The number of para-hydroxylation sites is 2. The van der Waals surface area contributed by atoms with Gasteiger partial charge in [0.15, 0.2) is 5.11 Å². The van der Waals surface area contributed by atoms with Crippen LogP contribution in [0.3, 0.4) is 0 Å². The predicted molar refractivity (Wildman–Crippen MR) is 115 cm³/mol. The number of carbonyl (C=O) groups excluding carboxylic acids is 2. The van der Waals surface area contributed by atoms with Gasteiger partial charge in [0, 0.05) is 14.1 Å². The number of ether oxygens (including phenoxy) is 1. The molecular weight excluding hydrogens is 374 g/mol. The SMILES string of the molecule is CCCCOc1ccccc1C(=O)NC(=S)Nc1ccccc1C(=O)N(C)C. The van der Waals surface area contributed by atoms with Crippen LogP contribution in [0.4, 0.5) is 5.69 Å². The maximum absolute atomic E-state index is 12.6. The van der Waals surface area contributed by atoms with Gasteiger partial charge >= 0.3 is 0 Å². The summed E-state index contributed by atoms with van der Waals surface area (Å²) in [6, 6.07) is 14.0. The van der Waals surface area contributed by atoms with Crippen molar-refractivity contribution in [2.24, 2.45) is 0 Å². The van der Waals surface area contributed by atoms with E-state index in [1.54, 1.807) is 56.6 Å². The maximum Gasteiger partial charge on any atom is 0.261 e. The first-order valence-corrected chi connectivity index (χ1v) is 9.49. The largest absolute Gasteiger partial charge is 0.493 e. The quantitative estimate of drug-likeness (QED) is 0.549. The van der Waals surface area contributed by atoms with Gasteiger partial charge in [0.2, 0.25) is 0 Å². The normalized spacial score (nSPS) is 10.1. The van der Waals surface area contributed by atoms with Gasteiger partial charge in [0.1, 0.15) is 5.75 Å². The molecule has 2 aromatic carbocycles. The molecule has 2 amide bonds. The smallest absolute Gasteiger partial charge is 0.261 e. The molecule has 7 heteroatoms. The van der Waals surface area contributed by atoms with E-state index in [1.807, 2.05) is 6.07 Å². The fraction of sp³-hybridized carbons (Fsp3) is 0.286. The van der Waals surface area contributed by atoms with Crippen molar-refractivity contribution >= 4 is 34.8 Å². The third kappa shape index (κ3) is 5.79. The molecular formula is C21H25N3O3S. The standard InChI is InChI=1S/C21H25N3O3S/c1-4-5-14-27-18-13-9-7-11-16(18)19(25)23-21(28)22-17-12-8-6-10-15(17)20(26)24(2)3/h6-13H,4-5,14H2,1-3H3,(H2,22,23,25,28). The van der Waals surface area contributed by atoms with Crippen molar-refractivity contribution in [2.75, 3.05) is 26.0 Å². The third-order valence-electron chi connectivity index (χ3n) is 3.93. The topological polar surface area (TPSA) is 70.7 Å². The van der Waals surface area contributed by atoms with Crippen LogP contribution < -0.4 is 15.4 Å².